The predicted octanol–water partition coefficient (Wildman–Crippen LogP) is 3.01. The van der Waals surface area contributed by atoms with E-state index in [1.165, 1.54) is 0 Å². The van der Waals surface area contributed by atoms with Gasteiger partial charge in [0.2, 0.25) is 5.95 Å². The Kier molecular flexibility index (Phi) is 6.75. The van der Waals surface area contributed by atoms with Crippen molar-refractivity contribution in [3.05, 3.63) is 35.9 Å². The third-order valence-corrected chi connectivity index (χ3v) is 6.42. The number of nitrogens with one attached hydrogen (secondary N) is 1. The Morgan fingerprint density at radius 2 is 2.00 bits per heavy atom. The normalized spacial score (nSPS) is 21.0. The number of pyridine rings is 1. The number of ether oxygens (including phenoxy) is 3. The number of benzene rings is 1. The van der Waals surface area contributed by atoms with Gasteiger partial charge >= 0.3 is 0 Å². The maximum absolute atomic E-state index is 9.73. The first kappa shape index (κ1) is 22.8. The molecular formula is C25H31N5O4. The molecule has 2 fully saturated rings. The summed E-state index contributed by atoms with van der Waals surface area (Å²) in [7, 11) is 1.60. The van der Waals surface area contributed by atoms with Gasteiger partial charge in [0.05, 0.1) is 56.7 Å². The number of fused-ring (bicyclic) bond motifs is 1. The van der Waals surface area contributed by atoms with Crippen molar-refractivity contribution in [2.24, 2.45) is 0 Å². The fraction of sp³-hybridized carbons (Fsp3) is 0.480. The molecule has 1 aromatic carbocycles. The van der Waals surface area contributed by atoms with Gasteiger partial charge < -0.3 is 29.5 Å². The fourth-order valence-corrected chi connectivity index (χ4v) is 4.58. The van der Waals surface area contributed by atoms with E-state index in [0.29, 0.717) is 42.7 Å². The number of anilines is 2. The number of aliphatic hydroxyl groups excluding tert-OH is 1. The first-order chi connectivity index (χ1) is 16.7. The Hall–Kier alpha value is -3.01. The number of nitrogens with zero attached hydrogens (tertiary/aromatic N) is 4. The van der Waals surface area contributed by atoms with E-state index in [0.717, 1.165) is 48.5 Å². The van der Waals surface area contributed by atoms with Gasteiger partial charge in [0, 0.05) is 24.3 Å². The second-order valence-corrected chi connectivity index (χ2v) is 8.80. The van der Waals surface area contributed by atoms with Crippen LogP contribution < -0.4 is 15.0 Å². The Bertz CT molecular complexity index is 1150. The minimum absolute atomic E-state index is 0.108. The lowest BCUT2D eigenvalue weighted by Gasteiger charge is -2.35. The van der Waals surface area contributed by atoms with Crippen LogP contribution in [0.4, 0.5) is 11.8 Å². The topological polar surface area (TPSA) is 102 Å². The van der Waals surface area contributed by atoms with Crippen molar-refractivity contribution < 1.29 is 19.3 Å². The van der Waals surface area contributed by atoms with E-state index in [4.69, 9.17) is 29.2 Å². The molecule has 2 aromatic heterocycles. The van der Waals surface area contributed by atoms with Gasteiger partial charge in [0.15, 0.2) is 5.65 Å². The van der Waals surface area contributed by atoms with Gasteiger partial charge in [-0.25, -0.2) is 4.98 Å². The molecule has 180 valence electrons. The largest absolute Gasteiger partial charge is 0.496 e. The van der Waals surface area contributed by atoms with Crippen LogP contribution >= 0.6 is 0 Å². The first-order valence-corrected chi connectivity index (χ1v) is 11.8. The van der Waals surface area contributed by atoms with E-state index >= 15 is 0 Å². The van der Waals surface area contributed by atoms with Crippen molar-refractivity contribution in [3.63, 3.8) is 0 Å². The molecule has 2 aliphatic heterocycles. The Balaban J connectivity index is 1.57. The summed E-state index contributed by atoms with van der Waals surface area (Å²) in [6.45, 7) is 5.57. The molecule has 0 saturated carbocycles. The minimum Gasteiger partial charge on any atom is -0.496 e. The molecule has 34 heavy (non-hydrogen) atoms. The van der Waals surface area contributed by atoms with Crippen LogP contribution in [0.25, 0.3) is 22.3 Å². The highest BCUT2D eigenvalue weighted by Crippen LogP contribution is 2.31. The van der Waals surface area contributed by atoms with Crippen LogP contribution in [0.3, 0.4) is 0 Å². The molecule has 0 radical (unpaired) electrons. The lowest BCUT2D eigenvalue weighted by Crippen LogP contribution is -2.44. The number of aromatic nitrogens is 3. The highest BCUT2D eigenvalue weighted by atomic mass is 16.5. The summed E-state index contributed by atoms with van der Waals surface area (Å²) < 4.78 is 16.6. The molecule has 2 aliphatic rings. The third kappa shape index (κ3) is 4.64. The molecule has 9 heteroatoms. The summed E-state index contributed by atoms with van der Waals surface area (Å²) in [4.78, 5) is 16.9. The summed E-state index contributed by atoms with van der Waals surface area (Å²) in [6, 6.07) is 10.1. The van der Waals surface area contributed by atoms with Crippen LogP contribution in [0.1, 0.15) is 25.3 Å². The van der Waals surface area contributed by atoms with Gasteiger partial charge in [0.1, 0.15) is 11.6 Å². The third-order valence-electron chi connectivity index (χ3n) is 6.42. The van der Waals surface area contributed by atoms with Gasteiger partial charge in [-0.2, -0.15) is 9.97 Å². The molecule has 3 aromatic rings. The lowest BCUT2D eigenvalue weighted by atomic mass is 10.1. The van der Waals surface area contributed by atoms with Crippen molar-refractivity contribution in [2.45, 2.75) is 38.5 Å². The maximum Gasteiger partial charge on any atom is 0.227 e. The van der Waals surface area contributed by atoms with Crippen LogP contribution in [-0.2, 0) is 16.1 Å². The fourth-order valence-electron chi connectivity index (χ4n) is 4.58. The second-order valence-electron chi connectivity index (χ2n) is 8.80. The minimum atomic E-state index is -0.108. The molecule has 0 bridgehead atoms. The molecule has 0 spiro atoms. The van der Waals surface area contributed by atoms with Crippen molar-refractivity contribution >= 4 is 22.8 Å². The summed E-state index contributed by atoms with van der Waals surface area (Å²) in [5.74, 6) is 2.08. The predicted molar refractivity (Wildman–Crippen MR) is 130 cm³/mol. The summed E-state index contributed by atoms with van der Waals surface area (Å²) in [5.41, 5.74) is 3.01. The zero-order chi connectivity index (χ0) is 23.5. The average molecular weight is 466 g/mol. The molecule has 4 heterocycles. The van der Waals surface area contributed by atoms with Crippen LogP contribution in [0.5, 0.6) is 5.75 Å². The van der Waals surface area contributed by atoms with Crippen molar-refractivity contribution in [2.75, 3.05) is 50.3 Å². The molecule has 9 nitrogen and oxygen atoms in total. The van der Waals surface area contributed by atoms with Crippen LogP contribution in [-0.4, -0.2) is 72.2 Å². The first-order valence-electron chi connectivity index (χ1n) is 11.8. The van der Waals surface area contributed by atoms with Crippen LogP contribution in [0.2, 0.25) is 0 Å². The van der Waals surface area contributed by atoms with E-state index < -0.39 is 0 Å². The van der Waals surface area contributed by atoms with E-state index in [1.807, 2.05) is 30.3 Å². The number of hydrogen-bond donors (Lipinski definition) is 2. The second kappa shape index (κ2) is 10.1. The molecule has 0 aliphatic carbocycles. The molecule has 5 rings (SSSR count). The highest BCUT2D eigenvalue weighted by molar-refractivity contribution is 5.90. The summed E-state index contributed by atoms with van der Waals surface area (Å²) in [5, 5.41) is 14.1. The zero-order valence-corrected chi connectivity index (χ0v) is 19.7. The molecule has 2 N–H and O–H groups in total. The van der Waals surface area contributed by atoms with Gasteiger partial charge in [-0.1, -0.05) is 0 Å². The Morgan fingerprint density at radius 3 is 2.76 bits per heavy atom. The quantitative estimate of drug-likeness (QED) is 0.569. The lowest BCUT2D eigenvalue weighted by molar-refractivity contribution is 0.0874. The molecule has 2 saturated heterocycles. The Morgan fingerprint density at radius 1 is 1.12 bits per heavy atom. The van der Waals surface area contributed by atoms with Crippen molar-refractivity contribution in [1.29, 1.82) is 0 Å². The highest BCUT2D eigenvalue weighted by Gasteiger charge is 2.25. The van der Waals surface area contributed by atoms with Crippen LogP contribution in [0.15, 0.2) is 30.3 Å². The molecular weight excluding hydrogens is 434 g/mol. The Labute approximate surface area is 199 Å². The van der Waals surface area contributed by atoms with Crippen LogP contribution in [0, 0.1) is 0 Å². The number of morpholine rings is 1. The summed E-state index contributed by atoms with van der Waals surface area (Å²) in [6.07, 6.45) is 2.04. The summed E-state index contributed by atoms with van der Waals surface area (Å²) >= 11 is 0. The SMILES string of the molecule is COc1ccc(-c2ccc3c(N4CCOC[C@@H]4C)nc(NC4CCCOC4)nc3n2)cc1CO. The number of hydrogen-bond acceptors (Lipinski definition) is 9. The molecule has 2 atom stereocenters. The number of aliphatic hydroxyl groups is 1. The number of methoxy groups -OCH3 is 1. The number of rotatable bonds is 6. The van der Waals surface area contributed by atoms with E-state index in [1.54, 1.807) is 7.11 Å². The van der Waals surface area contributed by atoms with E-state index in [2.05, 4.69) is 17.1 Å². The van der Waals surface area contributed by atoms with Gasteiger partial charge in [-0.3, -0.25) is 0 Å². The average Bonchev–Trinajstić information content (AvgIpc) is 2.88. The van der Waals surface area contributed by atoms with E-state index in [9.17, 15) is 5.11 Å². The zero-order valence-electron chi connectivity index (χ0n) is 19.7. The van der Waals surface area contributed by atoms with Gasteiger partial charge in [-0.15, -0.1) is 0 Å². The molecule has 0 amide bonds. The monoisotopic (exact) mass is 465 g/mol. The smallest absolute Gasteiger partial charge is 0.227 e. The van der Waals surface area contributed by atoms with Crippen molar-refractivity contribution in [1.82, 2.24) is 15.0 Å². The standard InChI is InChI=1S/C25H31N5O4/c1-16-14-34-11-9-30(16)24-20-6-7-21(17-5-8-22(32-2)18(12-17)13-31)27-23(20)28-25(29-24)26-19-4-3-10-33-15-19/h5-8,12,16,19,31H,3-4,9-11,13-15H2,1-2H3,(H,26,27,28,29)/t16-,19?/m0/s1. The van der Waals surface area contributed by atoms with Crippen molar-refractivity contribution in [3.8, 4) is 17.0 Å². The maximum atomic E-state index is 9.73. The van der Waals surface area contributed by atoms with Gasteiger partial charge in [0.25, 0.3) is 0 Å². The molecule has 1 unspecified atom stereocenters. The van der Waals surface area contributed by atoms with Gasteiger partial charge in [-0.05, 0) is 50.1 Å². The van der Waals surface area contributed by atoms with E-state index in [-0.39, 0.29) is 18.7 Å².